The van der Waals surface area contributed by atoms with Gasteiger partial charge < -0.3 is 5.32 Å². The Morgan fingerprint density at radius 2 is 1.85 bits per heavy atom. The third-order valence-electron chi connectivity index (χ3n) is 3.28. The highest BCUT2D eigenvalue weighted by atomic mass is 79.9. The molecule has 2 aromatic rings. The number of thiophene rings is 1. The first-order valence-corrected chi connectivity index (χ1v) is 9.16. The summed E-state index contributed by atoms with van der Waals surface area (Å²) in [5.74, 6) is 0. The third kappa shape index (κ3) is 3.47. The third-order valence-corrected chi connectivity index (χ3v) is 6.93. The van der Waals surface area contributed by atoms with Gasteiger partial charge >= 0.3 is 0 Å². The Labute approximate surface area is 146 Å². The second-order valence-corrected chi connectivity index (χ2v) is 8.38. The number of benzene rings is 1. The van der Waals surface area contributed by atoms with Gasteiger partial charge in [-0.15, -0.1) is 11.3 Å². The van der Waals surface area contributed by atoms with Crippen LogP contribution in [0.1, 0.15) is 34.5 Å². The van der Waals surface area contributed by atoms with Crippen molar-refractivity contribution in [2.24, 2.45) is 0 Å². The topological polar surface area (TPSA) is 12.0 Å². The molecule has 1 aromatic heterocycles. The largest absolute Gasteiger partial charge is 0.306 e. The number of aryl methyl sites for hydroxylation is 2. The van der Waals surface area contributed by atoms with E-state index in [1.54, 1.807) is 11.3 Å². The van der Waals surface area contributed by atoms with Crippen molar-refractivity contribution in [1.29, 1.82) is 0 Å². The van der Waals surface area contributed by atoms with Gasteiger partial charge in [0.15, 0.2) is 0 Å². The lowest BCUT2D eigenvalue weighted by molar-refractivity contribution is 0.639. The van der Waals surface area contributed by atoms with E-state index in [1.807, 2.05) is 6.07 Å². The molecule has 1 N–H and O–H groups in total. The molecule has 0 fully saturated rings. The van der Waals surface area contributed by atoms with E-state index in [9.17, 15) is 0 Å². The van der Waals surface area contributed by atoms with Crippen LogP contribution in [0.25, 0.3) is 0 Å². The van der Waals surface area contributed by atoms with Gasteiger partial charge in [-0.3, -0.25) is 0 Å². The maximum atomic E-state index is 6.47. The van der Waals surface area contributed by atoms with Crippen LogP contribution in [0.4, 0.5) is 0 Å². The van der Waals surface area contributed by atoms with Crippen molar-refractivity contribution in [3.63, 3.8) is 0 Å². The van der Waals surface area contributed by atoms with Crippen LogP contribution in [0.3, 0.4) is 0 Å². The summed E-state index contributed by atoms with van der Waals surface area (Å²) >= 11 is 15.3. The summed E-state index contributed by atoms with van der Waals surface area (Å²) in [4.78, 5) is 1.25. The smallest absolute Gasteiger partial charge is 0.0843 e. The molecule has 0 aliphatic heterocycles. The first kappa shape index (κ1) is 16.5. The molecule has 20 heavy (non-hydrogen) atoms. The summed E-state index contributed by atoms with van der Waals surface area (Å²) in [5.41, 5.74) is 3.63. The summed E-state index contributed by atoms with van der Waals surface area (Å²) < 4.78 is 2.19. The van der Waals surface area contributed by atoms with Crippen LogP contribution in [0.15, 0.2) is 26.5 Å². The average Bonchev–Trinajstić information content (AvgIpc) is 2.71. The summed E-state index contributed by atoms with van der Waals surface area (Å²) in [6.45, 7) is 7.21. The van der Waals surface area contributed by atoms with E-state index in [4.69, 9.17) is 11.6 Å². The average molecular weight is 438 g/mol. The Morgan fingerprint density at radius 1 is 1.20 bits per heavy atom. The van der Waals surface area contributed by atoms with E-state index in [0.29, 0.717) is 0 Å². The molecule has 1 unspecified atom stereocenters. The lowest BCUT2D eigenvalue weighted by Gasteiger charge is -2.19. The fourth-order valence-electron chi connectivity index (χ4n) is 2.10. The van der Waals surface area contributed by atoms with E-state index in [0.717, 1.165) is 25.4 Å². The Bertz CT molecular complexity index is 605. The number of hydrogen-bond donors (Lipinski definition) is 1. The number of nitrogens with one attached hydrogen (secondary N) is 1. The van der Waals surface area contributed by atoms with Gasteiger partial charge in [-0.25, -0.2) is 0 Å². The lowest BCUT2D eigenvalue weighted by atomic mass is 10.00. The molecule has 0 amide bonds. The summed E-state index contributed by atoms with van der Waals surface area (Å²) in [6.07, 6.45) is 0. The van der Waals surface area contributed by atoms with Gasteiger partial charge in [0.1, 0.15) is 0 Å². The molecule has 108 valence electrons. The minimum atomic E-state index is 0.124. The molecule has 0 bridgehead atoms. The predicted octanol–water partition coefficient (Wildman–Crippen LogP) is 6.24. The molecule has 2 rings (SSSR count). The van der Waals surface area contributed by atoms with Crippen LogP contribution >= 0.6 is 54.8 Å². The molecular formula is C15H16Br2ClNS. The van der Waals surface area contributed by atoms with Crippen LogP contribution in [-0.2, 0) is 0 Å². The van der Waals surface area contributed by atoms with Crippen molar-refractivity contribution in [1.82, 2.24) is 5.32 Å². The predicted molar refractivity (Wildman–Crippen MR) is 96.2 cm³/mol. The Morgan fingerprint density at radius 3 is 2.40 bits per heavy atom. The van der Waals surface area contributed by atoms with E-state index >= 15 is 0 Å². The Kier molecular flexibility index (Phi) is 5.71. The van der Waals surface area contributed by atoms with E-state index in [2.05, 4.69) is 70.1 Å². The highest BCUT2D eigenvalue weighted by molar-refractivity contribution is 9.13. The maximum Gasteiger partial charge on any atom is 0.0843 e. The summed E-state index contributed by atoms with van der Waals surface area (Å²) in [6, 6.07) is 6.51. The fraction of sp³-hybridized carbons (Fsp3) is 0.333. The van der Waals surface area contributed by atoms with E-state index < -0.39 is 0 Å². The highest BCUT2D eigenvalue weighted by Gasteiger charge is 2.20. The zero-order valence-corrected chi connectivity index (χ0v) is 16.3. The second-order valence-electron chi connectivity index (χ2n) is 4.72. The van der Waals surface area contributed by atoms with Crippen molar-refractivity contribution in [2.45, 2.75) is 26.8 Å². The van der Waals surface area contributed by atoms with E-state index in [1.165, 1.54) is 16.0 Å². The fourth-order valence-corrected chi connectivity index (χ4v) is 4.61. The van der Waals surface area contributed by atoms with Crippen LogP contribution < -0.4 is 5.32 Å². The molecule has 0 saturated heterocycles. The minimum absolute atomic E-state index is 0.124. The zero-order chi connectivity index (χ0) is 14.9. The highest BCUT2D eigenvalue weighted by Crippen LogP contribution is 2.39. The van der Waals surface area contributed by atoms with Crippen LogP contribution in [0, 0.1) is 13.8 Å². The number of rotatable bonds is 4. The molecule has 0 aliphatic carbocycles. The van der Waals surface area contributed by atoms with Crippen molar-refractivity contribution < 1.29 is 0 Å². The summed E-state index contributed by atoms with van der Waals surface area (Å²) in [5, 5.41) is 4.35. The van der Waals surface area contributed by atoms with Crippen LogP contribution in [0.5, 0.6) is 0 Å². The van der Waals surface area contributed by atoms with Gasteiger partial charge in [0, 0.05) is 14.4 Å². The first-order valence-electron chi connectivity index (χ1n) is 6.38. The maximum absolute atomic E-state index is 6.47. The molecule has 1 nitrogen and oxygen atoms in total. The van der Waals surface area contributed by atoms with Crippen LogP contribution in [0.2, 0.25) is 5.02 Å². The lowest BCUT2D eigenvalue weighted by Crippen LogP contribution is -2.21. The molecule has 0 aliphatic rings. The molecular weight excluding hydrogens is 422 g/mol. The van der Waals surface area contributed by atoms with Gasteiger partial charge in [0.25, 0.3) is 0 Å². The Hall–Kier alpha value is 0.130. The monoisotopic (exact) mass is 435 g/mol. The zero-order valence-electron chi connectivity index (χ0n) is 11.6. The van der Waals surface area contributed by atoms with Gasteiger partial charge in [-0.1, -0.05) is 24.6 Å². The standard InChI is InChI=1S/C15H16Br2ClNS/c1-4-19-14(13-7-11(16)15(17)20-13)10-5-8(2)9(3)6-12(10)18/h5-7,14,19H,4H2,1-3H3. The molecule has 5 heteroatoms. The second kappa shape index (κ2) is 6.93. The quantitative estimate of drug-likeness (QED) is 0.597. The van der Waals surface area contributed by atoms with Gasteiger partial charge in [0.05, 0.1) is 9.83 Å². The van der Waals surface area contributed by atoms with Crippen LogP contribution in [-0.4, -0.2) is 6.54 Å². The SMILES string of the molecule is CCNC(c1cc(Br)c(Br)s1)c1cc(C)c(C)cc1Cl. The van der Waals surface area contributed by atoms with E-state index in [-0.39, 0.29) is 6.04 Å². The van der Waals surface area contributed by atoms with Crippen molar-refractivity contribution in [2.75, 3.05) is 6.54 Å². The minimum Gasteiger partial charge on any atom is -0.306 e. The normalized spacial score (nSPS) is 12.7. The Balaban J connectivity index is 2.50. The molecule has 0 radical (unpaired) electrons. The van der Waals surface area contributed by atoms with Gasteiger partial charge in [-0.2, -0.15) is 0 Å². The first-order chi connectivity index (χ1) is 9.43. The summed E-state index contributed by atoms with van der Waals surface area (Å²) in [7, 11) is 0. The molecule has 1 atom stereocenters. The molecule has 1 heterocycles. The number of halogens is 3. The number of hydrogen-bond acceptors (Lipinski definition) is 2. The molecule has 0 spiro atoms. The van der Waals surface area contributed by atoms with Gasteiger partial charge in [0.2, 0.25) is 0 Å². The van der Waals surface area contributed by atoms with Crippen molar-refractivity contribution >= 4 is 54.8 Å². The van der Waals surface area contributed by atoms with Crippen molar-refractivity contribution in [3.05, 3.63) is 53.0 Å². The molecule has 1 aromatic carbocycles. The molecule has 0 saturated carbocycles. The van der Waals surface area contributed by atoms with Crippen molar-refractivity contribution in [3.8, 4) is 0 Å². The van der Waals surface area contributed by atoms with Gasteiger partial charge in [-0.05, 0) is 81.1 Å².